The van der Waals surface area contributed by atoms with Crippen LogP contribution in [0.15, 0.2) is 9.59 Å². The molecule has 29 heavy (non-hydrogen) atoms. The number of hydrogen-bond acceptors (Lipinski definition) is 5. The second-order valence-corrected chi connectivity index (χ2v) is 9.04. The van der Waals surface area contributed by atoms with Gasteiger partial charge in [0.05, 0.1) is 6.54 Å². The van der Waals surface area contributed by atoms with Gasteiger partial charge < -0.3 is 10.6 Å². The van der Waals surface area contributed by atoms with Crippen molar-refractivity contribution < 1.29 is 4.79 Å². The summed E-state index contributed by atoms with van der Waals surface area (Å²) in [6, 6.07) is 0. The fraction of sp³-hybridized carbons (Fsp3) is 0.762. The standard InChI is InChI=1S/C21H37N5O3/c1-6-7-8-25(17(27)13-24-11-15(4)9-16(5)12-24)18-19(22)26(10-14(2)3)21(29)23-20(18)28/h14-16H,6-13,22H2,1-5H3,(H,23,28,29). The minimum atomic E-state index is -0.600. The Morgan fingerprint density at radius 3 is 2.41 bits per heavy atom. The van der Waals surface area contributed by atoms with E-state index >= 15 is 0 Å². The molecular formula is C21H37N5O3. The van der Waals surface area contributed by atoms with Crippen molar-refractivity contribution in [3.63, 3.8) is 0 Å². The SMILES string of the molecule is CCCCN(C(=O)CN1CC(C)CC(C)C1)c1c(N)n(CC(C)C)c(=O)[nH]c1=O. The lowest BCUT2D eigenvalue weighted by atomic mass is 9.92. The van der Waals surface area contributed by atoms with E-state index in [-0.39, 0.29) is 29.9 Å². The Labute approximate surface area is 173 Å². The highest BCUT2D eigenvalue weighted by Crippen LogP contribution is 2.22. The van der Waals surface area contributed by atoms with Crippen LogP contribution < -0.4 is 21.9 Å². The van der Waals surface area contributed by atoms with Crippen LogP contribution in [0.25, 0.3) is 0 Å². The molecule has 2 atom stereocenters. The van der Waals surface area contributed by atoms with Crippen molar-refractivity contribution in [3.05, 3.63) is 20.8 Å². The number of nitrogens with two attached hydrogens (primary N) is 1. The highest BCUT2D eigenvalue weighted by Gasteiger charge is 2.28. The van der Waals surface area contributed by atoms with Crippen LogP contribution in [0.3, 0.4) is 0 Å². The summed E-state index contributed by atoms with van der Waals surface area (Å²) < 4.78 is 1.36. The number of nitrogens with zero attached hydrogens (tertiary/aromatic N) is 3. The first-order valence-corrected chi connectivity index (χ1v) is 10.8. The zero-order valence-corrected chi connectivity index (χ0v) is 18.5. The molecule has 164 valence electrons. The van der Waals surface area contributed by atoms with Gasteiger partial charge in [0.1, 0.15) is 5.82 Å². The Morgan fingerprint density at radius 2 is 1.86 bits per heavy atom. The summed E-state index contributed by atoms with van der Waals surface area (Å²) in [5.74, 6) is 1.17. The monoisotopic (exact) mass is 407 g/mol. The van der Waals surface area contributed by atoms with Crippen molar-refractivity contribution in [3.8, 4) is 0 Å². The summed E-state index contributed by atoms with van der Waals surface area (Å²) in [5, 5.41) is 0. The van der Waals surface area contributed by atoms with Crippen molar-refractivity contribution in [1.82, 2.24) is 14.5 Å². The maximum Gasteiger partial charge on any atom is 0.330 e. The fourth-order valence-corrected chi connectivity index (χ4v) is 4.26. The maximum atomic E-state index is 13.2. The first-order valence-electron chi connectivity index (χ1n) is 10.8. The molecule has 0 radical (unpaired) electrons. The number of carbonyl (C=O) groups is 1. The molecule has 2 heterocycles. The number of amides is 1. The van der Waals surface area contributed by atoms with Crippen molar-refractivity contribution >= 4 is 17.4 Å². The molecule has 1 aliphatic heterocycles. The summed E-state index contributed by atoms with van der Waals surface area (Å²) in [6.07, 6.45) is 2.79. The average Bonchev–Trinajstić information content (AvgIpc) is 2.60. The summed E-state index contributed by atoms with van der Waals surface area (Å²) in [4.78, 5) is 44.1. The molecule has 3 N–H and O–H groups in total. The smallest absolute Gasteiger partial charge is 0.330 e. The van der Waals surface area contributed by atoms with Crippen molar-refractivity contribution in [2.75, 3.05) is 36.8 Å². The number of H-pyrrole nitrogens is 1. The molecule has 1 aliphatic rings. The van der Waals surface area contributed by atoms with Crippen LogP contribution in [0.2, 0.25) is 0 Å². The average molecular weight is 408 g/mol. The van der Waals surface area contributed by atoms with Crippen molar-refractivity contribution in [2.45, 2.75) is 60.4 Å². The van der Waals surface area contributed by atoms with E-state index in [2.05, 4.69) is 23.7 Å². The molecular weight excluding hydrogens is 370 g/mol. The van der Waals surface area contributed by atoms with Gasteiger partial charge in [0.25, 0.3) is 5.56 Å². The predicted molar refractivity (Wildman–Crippen MR) is 117 cm³/mol. The van der Waals surface area contributed by atoms with E-state index < -0.39 is 11.2 Å². The molecule has 2 rings (SSSR count). The van der Waals surface area contributed by atoms with Crippen LogP contribution in [0.1, 0.15) is 53.9 Å². The lowest BCUT2D eigenvalue weighted by molar-refractivity contribution is -0.120. The van der Waals surface area contributed by atoms with E-state index in [1.54, 1.807) is 0 Å². The van der Waals surface area contributed by atoms with Crippen molar-refractivity contribution in [1.29, 1.82) is 0 Å². The highest BCUT2D eigenvalue weighted by molar-refractivity contribution is 5.96. The van der Waals surface area contributed by atoms with Gasteiger partial charge in [-0.2, -0.15) is 0 Å². The first kappa shape index (κ1) is 23.2. The number of aromatic nitrogens is 2. The number of piperidine rings is 1. The molecule has 0 bridgehead atoms. The Morgan fingerprint density at radius 1 is 1.24 bits per heavy atom. The van der Waals surface area contributed by atoms with Crippen LogP contribution >= 0.6 is 0 Å². The van der Waals surface area contributed by atoms with E-state index in [0.717, 1.165) is 32.4 Å². The van der Waals surface area contributed by atoms with Gasteiger partial charge in [0.15, 0.2) is 5.69 Å². The van der Waals surface area contributed by atoms with E-state index in [9.17, 15) is 14.4 Å². The molecule has 8 nitrogen and oxygen atoms in total. The van der Waals surface area contributed by atoms with Crippen LogP contribution in [-0.4, -0.2) is 46.5 Å². The largest absolute Gasteiger partial charge is 0.383 e. The Hall–Kier alpha value is -2.09. The second kappa shape index (κ2) is 10.1. The number of anilines is 2. The zero-order valence-electron chi connectivity index (χ0n) is 18.5. The van der Waals surface area contributed by atoms with Gasteiger partial charge in [0, 0.05) is 26.2 Å². The number of carbonyl (C=O) groups excluding carboxylic acids is 1. The maximum absolute atomic E-state index is 13.2. The van der Waals surface area contributed by atoms with Gasteiger partial charge in [-0.1, -0.05) is 41.0 Å². The Bertz CT molecular complexity index is 804. The summed E-state index contributed by atoms with van der Waals surface area (Å²) in [5.41, 5.74) is 5.22. The van der Waals surface area contributed by atoms with Gasteiger partial charge >= 0.3 is 5.69 Å². The quantitative estimate of drug-likeness (QED) is 0.685. The Kier molecular flexibility index (Phi) is 8.07. The topological polar surface area (TPSA) is 104 Å². The van der Waals surface area contributed by atoms with E-state index in [1.165, 1.54) is 9.47 Å². The van der Waals surface area contributed by atoms with Gasteiger partial charge in [-0.05, 0) is 30.6 Å². The number of aromatic amines is 1. The molecule has 1 aromatic rings. The van der Waals surface area contributed by atoms with Crippen LogP contribution in [0.4, 0.5) is 11.5 Å². The van der Waals surface area contributed by atoms with Crippen LogP contribution in [-0.2, 0) is 11.3 Å². The third-order valence-electron chi connectivity index (χ3n) is 5.37. The molecule has 1 saturated heterocycles. The van der Waals surface area contributed by atoms with Gasteiger partial charge in [-0.15, -0.1) is 0 Å². The fourth-order valence-electron chi connectivity index (χ4n) is 4.26. The third kappa shape index (κ3) is 5.95. The lowest BCUT2D eigenvalue weighted by Crippen LogP contribution is -2.48. The summed E-state index contributed by atoms with van der Waals surface area (Å²) >= 11 is 0. The number of nitrogen functional groups attached to an aromatic ring is 1. The van der Waals surface area contributed by atoms with E-state index in [0.29, 0.717) is 24.9 Å². The normalized spacial score (nSPS) is 20.2. The lowest BCUT2D eigenvalue weighted by Gasteiger charge is -2.35. The van der Waals surface area contributed by atoms with Crippen LogP contribution in [0, 0.1) is 17.8 Å². The number of rotatable bonds is 8. The van der Waals surface area contributed by atoms with E-state index in [1.807, 2.05) is 20.8 Å². The minimum absolute atomic E-state index is 0.0669. The Balaban J connectivity index is 2.37. The van der Waals surface area contributed by atoms with Gasteiger partial charge in [-0.25, -0.2) is 4.79 Å². The minimum Gasteiger partial charge on any atom is -0.383 e. The molecule has 1 amide bonds. The highest BCUT2D eigenvalue weighted by atomic mass is 16.2. The molecule has 0 aromatic carbocycles. The molecule has 8 heteroatoms. The molecule has 1 aromatic heterocycles. The summed E-state index contributed by atoms with van der Waals surface area (Å²) in [6.45, 7) is 13.1. The van der Waals surface area contributed by atoms with Crippen molar-refractivity contribution in [2.24, 2.45) is 17.8 Å². The number of unbranched alkanes of at least 4 members (excludes halogenated alkanes) is 1. The van der Waals surface area contributed by atoms with E-state index in [4.69, 9.17) is 5.73 Å². The van der Waals surface area contributed by atoms with Gasteiger partial charge in [0.2, 0.25) is 5.91 Å². The molecule has 2 unspecified atom stereocenters. The molecule has 0 aliphatic carbocycles. The zero-order chi connectivity index (χ0) is 21.7. The first-order chi connectivity index (χ1) is 13.6. The third-order valence-corrected chi connectivity index (χ3v) is 5.37. The number of hydrogen-bond donors (Lipinski definition) is 2. The summed E-state index contributed by atoms with van der Waals surface area (Å²) in [7, 11) is 0. The molecule has 0 spiro atoms. The molecule has 1 fully saturated rings. The number of likely N-dealkylation sites (tertiary alicyclic amines) is 1. The predicted octanol–water partition coefficient (Wildman–Crippen LogP) is 1.89. The van der Waals surface area contributed by atoms with Crippen LogP contribution in [0.5, 0.6) is 0 Å². The second-order valence-electron chi connectivity index (χ2n) is 9.04. The molecule has 0 saturated carbocycles. The van der Waals surface area contributed by atoms with Gasteiger partial charge in [-0.3, -0.25) is 24.0 Å². The number of nitrogens with one attached hydrogen (secondary N) is 1.